The number of amides is 2. The smallest absolute Gasteiger partial charge is 0.395 e. The number of rotatable bonds is 3. The van der Waals surface area contributed by atoms with Gasteiger partial charge in [0.15, 0.2) is 16.3 Å². The molecule has 1 N–H and O–H groups in total. The molecule has 0 fully saturated rings. The molecule has 0 bridgehead atoms. The lowest BCUT2D eigenvalue weighted by molar-refractivity contribution is -0.286. The molecule has 0 spiro atoms. The minimum absolute atomic E-state index is 0.101. The second-order valence-electron chi connectivity index (χ2n) is 6.53. The van der Waals surface area contributed by atoms with Crippen LogP contribution in [0, 0.1) is 0 Å². The van der Waals surface area contributed by atoms with Crippen LogP contribution in [0.3, 0.4) is 0 Å². The molecule has 1 atom stereocenters. The highest BCUT2D eigenvalue weighted by Gasteiger charge is 2.43. The van der Waals surface area contributed by atoms with Crippen molar-refractivity contribution in [3.8, 4) is 17.2 Å². The van der Waals surface area contributed by atoms with Crippen LogP contribution in [-0.2, 0) is 0 Å². The fourth-order valence-corrected chi connectivity index (χ4v) is 3.69. The van der Waals surface area contributed by atoms with Gasteiger partial charge in [-0.15, -0.1) is 8.78 Å². The van der Waals surface area contributed by atoms with Gasteiger partial charge in [0.1, 0.15) is 6.10 Å². The molecule has 0 radical (unpaired) electrons. The molecule has 30 heavy (non-hydrogen) atoms. The molecule has 2 amide bonds. The Labute approximate surface area is 173 Å². The van der Waals surface area contributed by atoms with Gasteiger partial charge in [-0.3, -0.25) is 9.55 Å². The predicted octanol–water partition coefficient (Wildman–Crippen LogP) is 2.92. The van der Waals surface area contributed by atoms with Crippen LogP contribution in [0.1, 0.15) is 16.7 Å². The number of hydrogen-bond donors (Lipinski definition) is 1. The fourth-order valence-electron chi connectivity index (χ4n) is 2.70. The van der Waals surface area contributed by atoms with Gasteiger partial charge in [0, 0.05) is 32.6 Å². The summed E-state index contributed by atoms with van der Waals surface area (Å²) in [6, 6.07) is 8.82. The molecule has 1 aromatic carbocycles. The first kappa shape index (κ1) is 20.0. The molecule has 1 aliphatic rings. The Hall–Kier alpha value is -3.31. The predicted molar refractivity (Wildman–Crippen MR) is 103 cm³/mol. The zero-order valence-electron chi connectivity index (χ0n) is 15.8. The van der Waals surface area contributed by atoms with E-state index in [9.17, 15) is 18.7 Å². The van der Waals surface area contributed by atoms with E-state index in [2.05, 4.69) is 19.5 Å². The quantitative estimate of drug-likeness (QED) is 0.685. The van der Waals surface area contributed by atoms with Crippen molar-refractivity contribution in [3.05, 3.63) is 64.2 Å². The van der Waals surface area contributed by atoms with Crippen molar-refractivity contribution in [1.29, 1.82) is 0 Å². The number of benzene rings is 1. The fraction of sp³-hybridized carbons (Fsp3) is 0.211. The summed E-state index contributed by atoms with van der Waals surface area (Å²) in [7, 11) is 3.10. The molecular weight excluding hydrogens is 418 g/mol. The molecule has 3 heterocycles. The van der Waals surface area contributed by atoms with Crippen molar-refractivity contribution in [3.63, 3.8) is 0 Å². The van der Waals surface area contributed by atoms with Crippen molar-refractivity contribution in [2.24, 2.45) is 4.99 Å². The van der Waals surface area contributed by atoms with Crippen LogP contribution in [0.15, 0.2) is 53.8 Å². The monoisotopic (exact) mass is 434 g/mol. The standard InChI is InChI=1S/C19H16F2N4O4S/c1-24(2)17(27)23-18-25(10-15(30-18)16(26)12-5-3-4-8-22-12)11-6-7-13-14(9-11)29-19(20,21)28-13/h3-10,16,26H,1-2H3. The van der Waals surface area contributed by atoms with E-state index in [1.165, 1.54) is 27.7 Å². The van der Waals surface area contributed by atoms with E-state index in [0.717, 1.165) is 11.3 Å². The summed E-state index contributed by atoms with van der Waals surface area (Å²) in [4.78, 5) is 22.4. The van der Waals surface area contributed by atoms with Gasteiger partial charge in [0.05, 0.1) is 16.3 Å². The molecule has 8 nitrogen and oxygen atoms in total. The second-order valence-corrected chi connectivity index (χ2v) is 7.57. The highest BCUT2D eigenvalue weighted by Crippen LogP contribution is 2.41. The summed E-state index contributed by atoms with van der Waals surface area (Å²) in [5.41, 5.74) is 0.817. The third kappa shape index (κ3) is 3.89. The summed E-state index contributed by atoms with van der Waals surface area (Å²) in [6.07, 6.45) is -1.67. The highest BCUT2D eigenvalue weighted by molar-refractivity contribution is 7.09. The Morgan fingerprint density at radius 1 is 1.27 bits per heavy atom. The lowest BCUT2D eigenvalue weighted by Gasteiger charge is -2.07. The van der Waals surface area contributed by atoms with Gasteiger partial charge in [0.25, 0.3) is 0 Å². The number of alkyl halides is 2. The maximum atomic E-state index is 13.4. The molecule has 3 aromatic rings. The Balaban J connectivity index is 1.81. The number of thiazole rings is 1. The third-order valence-electron chi connectivity index (χ3n) is 4.15. The SMILES string of the molecule is CN(C)C(=O)N=c1sc(C(O)c2ccccn2)cn1-c1ccc2c(c1)OC(F)(F)O2. The van der Waals surface area contributed by atoms with Crippen molar-refractivity contribution in [2.45, 2.75) is 12.4 Å². The average Bonchev–Trinajstić information content (AvgIpc) is 3.26. The number of aromatic nitrogens is 2. The zero-order valence-corrected chi connectivity index (χ0v) is 16.6. The number of pyridine rings is 1. The first-order valence-corrected chi connectivity index (χ1v) is 9.53. The number of fused-ring (bicyclic) bond motifs is 1. The van der Waals surface area contributed by atoms with Gasteiger partial charge in [0.2, 0.25) is 0 Å². The molecule has 156 valence electrons. The first-order chi connectivity index (χ1) is 14.2. The maximum absolute atomic E-state index is 13.4. The summed E-state index contributed by atoms with van der Waals surface area (Å²) in [5.74, 6) is -0.246. The highest BCUT2D eigenvalue weighted by atomic mass is 32.1. The van der Waals surface area contributed by atoms with E-state index in [1.54, 1.807) is 44.7 Å². The minimum atomic E-state index is -3.74. The number of halogens is 2. The maximum Gasteiger partial charge on any atom is 0.586 e. The number of carbonyl (C=O) groups excluding carboxylic acids is 1. The average molecular weight is 434 g/mol. The summed E-state index contributed by atoms with van der Waals surface area (Å²) < 4.78 is 37.1. The van der Waals surface area contributed by atoms with Crippen LogP contribution in [0.4, 0.5) is 13.6 Å². The molecule has 1 unspecified atom stereocenters. The van der Waals surface area contributed by atoms with Crippen LogP contribution >= 0.6 is 11.3 Å². The van der Waals surface area contributed by atoms with Gasteiger partial charge in [-0.1, -0.05) is 17.4 Å². The zero-order chi connectivity index (χ0) is 21.5. The number of aliphatic hydroxyl groups is 1. The van der Waals surface area contributed by atoms with E-state index in [0.29, 0.717) is 16.3 Å². The van der Waals surface area contributed by atoms with Crippen molar-refractivity contribution < 1.29 is 28.2 Å². The van der Waals surface area contributed by atoms with E-state index in [4.69, 9.17) is 0 Å². The minimum Gasteiger partial charge on any atom is -0.395 e. The molecular formula is C19H16F2N4O4S. The first-order valence-electron chi connectivity index (χ1n) is 8.71. The van der Waals surface area contributed by atoms with Crippen LogP contribution in [0.5, 0.6) is 11.5 Å². The lowest BCUT2D eigenvalue weighted by atomic mass is 10.2. The number of aliphatic hydroxyl groups excluding tert-OH is 1. The molecule has 0 aliphatic carbocycles. The van der Waals surface area contributed by atoms with Gasteiger partial charge in [-0.05, 0) is 24.3 Å². The molecule has 4 rings (SSSR count). The summed E-state index contributed by atoms with van der Waals surface area (Å²) >= 11 is 1.07. The number of ether oxygens (including phenoxy) is 2. The number of urea groups is 1. The summed E-state index contributed by atoms with van der Waals surface area (Å²) in [5, 5.41) is 10.7. The van der Waals surface area contributed by atoms with E-state index in [-0.39, 0.29) is 16.3 Å². The van der Waals surface area contributed by atoms with Crippen LogP contribution in [0.25, 0.3) is 5.69 Å². The molecule has 0 saturated carbocycles. The third-order valence-corrected chi connectivity index (χ3v) is 5.18. The van der Waals surface area contributed by atoms with Gasteiger partial charge >= 0.3 is 12.3 Å². The van der Waals surface area contributed by atoms with Gasteiger partial charge in [-0.25, -0.2) is 4.79 Å². The normalized spacial score (nSPS) is 15.8. The molecule has 11 heteroatoms. The van der Waals surface area contributed by atoms with Crippen LogP contribution < -0.4 is 14.3 Å². The Kier molecular flexibility index (Phi) is 5.00. The van der Waals surface area contributed by atoms with Crippen LogP contribution in [-0.4, -0.2) is 46.0 Å². The summed E-state index contributed by atoms with van der Waals surface area (Å²) in [6.45, 7) is 0. The molecule has 0 saturated heterocycles. The Morgan fingerprint density at radius 2 is 2.03 bits per heavy atom. The van der Waals surface area contributed by atoms with Crippen molar-refractivity contribution in [1.82, 2.24) is 14.5 Å². The number of nitrogens with zero attached hydrogens (tertiary/aromatic N) is 4. The topological polar surface area (TPSA) is 89.2 Å². The molecule has 2 aromatic heterocycles. The Bertz CT molecular complexity index is 1160. The largest absolute Gasteiger partial charge is 0.586 e. The Morgan fingerprint density at radius 3 is 2.73 bits per heavy atom. The van der Waals surface area contributed by atoms with Gasteiger partial charge in [-0.2, -0.15) is 4.99 Å². The second kappa shape index (κ2) is 7.50. The number of hydrogen-bond acceptors (Lipinski definition) is 6. The van der Waals surface area contributed by atoms with Crippen molar-refractivity contribution >= 4 is 17.4 Å². The van der Waals surface area contributed by atoms with Gasteiger partial charge < -0.3 is 19.5 Å². The van der Waals surface area contributed by atoms with E-state index in [1.807, 2.05) is 0 Å². The van der Waals surface area contributed by atoms with E-state index < -0.39 is 18.4 Å². The van der Waals surface area contributed by atoms with Crippen molar-refractivity contribution in [2.75, 3.05) is 14.1 Å². The lowest BCUT2D eigenvalue weighted by Crippen LogP contribution is -2.26. The number of carbonyl (C=O) groups is 1. The molecule has 1 aliphatic heterocycles. The van der Waals surface area contributed by atoms with Crippen LogP contribution in [0.2, 0.25) is 0 Å². The van der Waals surface area contributed by atoms with E-state index >= 15 is 0 Å².